The maximum absolute atomic E-state index is 11.9. The number of hydrogen-bond acceptors (Lipinski definition) is 4. The van der Waals surface area contributed by atoms with Gasteiger partial charge in [0.1, 0.15) is 5.75 Å². The molecule has 3 nitrogen and oxygen atoms in total. The first-order valence-electron chi connectivity index (χ1n) is 8.85. The molecule has 0 bridgehead atoms. The van der Waals surface area contributed by atoms with E-state index in [1.807, 2.05) is 67.6 Å². The number of ether oxygens (including phenoxy) is 1. The molecular weight excluding hydrogens is 386 g/mol. The van der Waals surface area contributed by atoms with Gasteiger partial charge in [0.05, 0.1) is 12.9 Å². The van der Waals surface area contributed by atoms with E-state index >= 15 is 0 Å². The molecule has 3 aromatic carbocycles. The van der Waals surface area contributed by atoms with Gasteiger partial charge >= 0.3 is 0 Å². The molecule has 0 unspecified atom stereocenters. The zero-order valence-corrected chi connectivity index (χ0v) is 18.0. The number of aryl methyl sites for hydroxylation is 2. The Kier molecular flexibility index (Phi) is 8.98. The number of amides is 1. The summed E-state index contributed by atoms with van der Waals surface area (Å²) in [6, 6.07) is 23.5. The number of hydrogen-bond donors (Lipinski definition) is 2. The highest BCUT2D eigenvalue weighted by Gasteiger charge is 2.04. The third-order valence-electron chi connectivity index (χ3n) is 3.73. The Morgan fingerprint density at radius 1 is 0.964 bits per heavy atom. The maximum Gasteiger partial charge on any atom is 0.234 e. The Hall–Kier alpha value is -2.37. The minimum atomic E-state index is -0.0123. The van der Waals surface area contributed by atoms with Gasteiger partial charge in [0.15, 0.2) is 0 Å². The van der Waals surface area contributed by atoms with E-state index in [4.69, 9.17) is 4.74 Å². The number of benzene rings is 3. The second-order valence-corrected chi connectivity index (χ2v) is 7.79. The standard InChI is InChI=1S/C16H17NO2S.C7H8S/c1-12-4-3-5-15(10-12)20-11-16(18)17-13-6-8-14(19-2)9-7-13;1-6-3-2-4-7(8)5-6/h3-10H,11H2,1-2H3,(H,17,18);2-5,8H,1H3. The van der Waals surface area contributed by atoms with Crippen molar-refractivity contribution in [3.8, 4) is 5.75 Å². The second-order valence-electron chi connectivity index (χ2n) is 6.22. The van der Waals surface area contributed by atoms with Gasteiger partial charge in [-0.2, -0.15) is 0 Å². The molecule has 0 radical (unpaired) electrons. The van der Waals surface area contributed by atoms with Gasteiger partial charge in [-0.1, -0.05) is 35.4 Å². The molecule has 0 aliphatic carbocycles. The minimum absolute atomic E-state index is 0.0123. The highest BCUT2D eigenvalue weighted by molar-refractivity contribution is 8.00. The highest BCUT2D eigenvalue weighted by Crippen LogP contribution is 2.20. The Labute approximate surface area is 176 Å². The van der Waals surface area contributed by atoms with Gasteiger partial charge in [0.2, 0.25) is 5.91 Å². The molecule has 0 fully saturated rings. The maximum atomic E-state index is 11.9. The number of methoxy groups -OCH3 is 1. The lowest BCUT2D eigenvalue weighted by Crippen LogP contribution is -2.13. The largest absolute Gasteiger partial charge is 0.497 e. The molecular formula is C23H25NO2S2. The zero-order chi connectivity index (χ0) is 20.4. The number of carbonyl (C=O) groups excluding carboxylic acids is 1. The van der Waals surface area contributed by atoms with Crippen LogP contribution in [-0.2, 0) is 4.79 Å². The van der Waals surface area contributed by atoms with Crippen molar-refractivity contribution in [3.05, 3.63) is 83.9 Å². The van der Waals surface area contributed by atoms with Crippen molar-refractivity contribution in [1.82, 2.24) is 0 Å². The number of nitrogens with one attached hydrogen (secondary N) is 1. The van der Waals surface area contributed by atoms with E-state index in [0.717, 1.165) is 21.2 Å². The van der Waals surface area contributed by atoms with Crippen LogP contribution in [-0.4, -0.2) is 18.8 Å². The Balaban J connectivity index is 0.000000292. The van der Waals surface area contributed by atoms with Gasteiger partial charge in [-0.3, -0.25) is 4.79 Å². The van der Waals surface area contributed by atoms with Crippen molar-refractivity contribution in [1.29, 1.82) is 0 Å². The van der Waals surface area contributed by atoms with Crippen LogP contribution in [0.2, 0.25) is 0 Å². The fourth-order valence-electron chi connectivity index (χ4n) is 2.35. The number of carbonyl (C=O) groups is 1. The van der Waals surface area contributed by atoms with Crippen LogP contribution in [0.1, 0.15) is 11.1 Å². The molecule has 0 aliphatic heterocycles. The van der Waals surface area contributed by atoms with Crippen molar-refractivity contribution in [2.24, 2.45) is 0 Å². The average Bonchev–Trinajstić information content (AvgIpc) is 2.67. The summed E-state index contributed by atoms with van der Waals surface area (Å²) >= 11 is 5.69. The molecule has 1 N–H and O–H groups in total. The lowest BCUT2D eigenvalue weighted by Gasteiger charge is -2.06. The molecule has 3 rings (SSSR count). The van der Waals surface area contributed by atoms with E-state index in [-0.39, 0.29) is 5.91 Å². The van der Waals surface area contributed by atoms with E-state index in [0.29, 0.717) is 5.75 Å². The molecule has 0 atom stereocenters. The van der Waals surface area contributed by atoms with Crippen LogP contribution in [0.3, 0.4) is 0 Å². The van der Waals surface area contributed by atoms with Crippen molar-refractivity contribution in [2.75, 3.05) is 18.2 Å². The Morgan fingerprint density at radius 2 is 1.61 bits per heavy atom. The smallest absolute Gasteiger partial charge is 0.234 e. The summed E-state index contributed by atoms with van der Waals surface area (Å²) in [5.74, 6) is 1.16. The van der Waals surface area contributed by atoms with Gasteiger partial charge < -0.3 is 10.1 Å². The number of thioether (sulfide) groups is 1. The number of thiol groups is 1. The van der Waals surface area contributed by atoms with Crippen LogP contribution < -0.4 is 10.1 Å². The van der Waals surface area contributed by atoms with E-state index in [1.165, 1.54) is 22.9 Å². The van der Waals surface area contributed by atoms with E-state index in [1.54, 1.807) is 7.11 Å². The van der Waals surface area contributed by atoms with Gasteiger partial charge in [0, 0.05) is 15.5 Å². The fourth-order valence-corrected chi connectivity index (χ4v) is 3.46. The Morgan fingerprint density at radius 3 is 2.14 bits per heavy atom. The van der Waals surface area contributed by atoms with Gasteiger partial charge in [-0.25, -0.2) is 0 Å². The summed E-state index contributed by atoms with van der Waals surface area (Å²) in [4.78, 5) is 14.0. The Bertz CT molecular complexity index is 878. The first-order chi connectivity index (χ1) is 13.5. The number of rotatable bonds is 5. The quantitative estimate of drug-likeness (QED) is 0.398. The molecule has 0 saturated heterocycles. The summed E-state index contributed by atoms with van der Waals surface area (Å²) in [6.45, 7) is 4.10. The van der Waals surface area contributed by atoms with Crippen LogP contribution >= 0.6 is 24.4 Å². The van der Waals surface area contributed by atoms with Gasteiger partial charge in [-0.15, -0.1) is 24.4 Å². The van der Waals surface area contributed by atoms with E-state index in [2.05, 4.69) is 37.0 Å². The first kappa shape index (κ1) is 21.9. The molecule has 146 valence electrons. The molecule has 0 aliphatic rings. The molecule has 0 saturated carbocycles. The monoisotopic (exact) mass is 411 g/mol. The van der Waals surface area contributed by atoms with Crippen molar-refractivity contribution < 1.29 is 9.53 Å². The SMILES string of the molecule is COc1ccc(NC(=O)CSc2cccc(C)c2)cc1.Cc1cccc(S)c1. The summed E-state index contributed by atoms with van der Waals surface area (Å²) in [7, 11) is 1.62. The molecule has 3 aromatic rings. The van der Waals surface area contributed by atoms with Crippen LogP contribution in [0.25, 0.3) is 0 Å². The average molecular weight is 412 g/mol. The third kappa shape index (κ3) is 8.11. The molecule has 0 aromatic heterocycles. The summed E-state index contributed by atoms with van der Waals surface area (Å²) in [6.07, 6.45) is 0. The molecule has 5 heteroatoms. The predicted octanol–water partition coefficient (Wildman–Crippen LogP) is 6.02. The molecule has 0 heterocycles. The van der Waals surface area contributed by atoms with Crippen LogP contribution in [0, 0.1) is 13.8 Å². The van der Waals surface area contributed by atoms with Crippen molar-refractivity contribution in [2.45, 2.75) is 23.6 Å². The normalized spacial score (nSPS) is 9.86. The lowest BCUT2D eigenvalue weighted by molar-refractivity contribution is -0.113. The minimum Gasteiger partial charge on any atom is -0.497 e. The summed E-state index contributed by atoms with van der Waals surface area (Å²) < 4.78 is 5.07. The van der Waals surface area contributed by atoms with Gasteiger partial charge in [-0.05, 0) is 62.4 Å². The van der Waals surface area contributed by atoms with Crippen molar-refractivity contribution >= 4 is 36.0 Å². The fraction of sp³-hybridized carbons (Fsp3) is 0.174. The molecule has 28 heavy (non-hydrogen) atoms. The van der Waals surface area contributed by atoms with Gasteiger partial charge in [0.25, 0.3) is 0 Å². The second kappa shape index (κ2) is 11.5. The van der Waals surface area contributed by atoms with Crippen molar-refractivity contribution in [3.63, 3.8) is 0 Å². The molecule has 0 spiro atoms. The van der Waals surface area contributed by atoms with Crippen LogP contribution in [0.5, 0.6) is 5.75 Å². The van der Waals surface area contributed by atoms with Crippen LogP contribution in [0.4, 0.5) is 5.69 Å². The summed E-state index contributed by atoms with van der Waals surface area (Å²) in [5, 5.41) is 2.86. The van der Waals surface area contributed by atoms with E-state index in [9.17, 15) is 4.79 Å². The lowest BCUT2D eigenvalue weighted by atomic mass is 10.2. The third-order valence-corrected chi connectivity index (χ3v) is 5.01. The van der Waals surface area contributed by atoms with Crippen LogP contribution in [0.15, 0.2) is 82.6 Å². The first-order valence-corrected chi connectivity index (χ1v) is 10.3. The summed E-state index contributed by atoms with van der Waals surface area (Å²) in [5.41, 5.74) is 3.24. The number of anilines is 1. The zero-order valence-electron chi connectivity index (χ0n) is 16.3. The highest BCUT2D eigenvalue weighted by atomic mass is 32.2. The predicted molar refractivity (Wildman–Crippen MR) is 122 cm³/mol. The van der Waals surface area contributed by atoms with E-state index < -0.39 is 0 Å². The molecule has 1 amide bonds. The topological polar surface area (TPSA) is 38.3 Å².